The van der Waals surface area contributed by atoms with E-state index in [-0.39, 0.29) is 13.2 Å². The molecule has 0 spiro atoms. The molecule has 0 saturated carbocycles. The Kier molecular flexibility index (Phi) is 9.42. The fraction of sp³-hybridized carbons (Fsp3) is 0.440. The average molecular weight is 397 g/mol. The van der Waals surface area contributed by atoms with E-state index in [1.165, 1.54) is 0 Å². The first-order valence-electron chi connectivity index (χ1n) is 10.5. The SMILES string of the molecule is CCCCC(CCCC)(C(=O)OCc1ccccc1)C(=O)OCc1ccccc1. The van der Waals surface area contributed by atoms with Crippen molar-refractivity contribution >= 4 is 11.9 Å². The van der Waals surface area contributed by atoms with E-state index in [1.807, 2.05) is 60.7 Å². The van der Waals surface area contributed by atoms with Gasteiger partial charge in [-0.15, -0.1) is 0 Å². The first-order chi connectivity index (χ1) is 14.1. The summed E-state index contributed by atoms with van der Waals surface area (Å²) in [6, 6.07) is 19.1. The molecule has 29 heavy (non-hydrogen) atoms. The number of ether oxygens (including phenoxy) is 2. The summed E-state index contributed by atoms with van der Waals surface area (Å²) < 4.78 is 11.2. The van der Waals surface area contributed by atoms with Gasteiger partial charge in [0.2, 0.25) is 0 Å². The molecule has 0 unspecified atom stereocenters. The largest absolute Gasteiger partial charge is 0.460 e. The second-order valence-corrected chi connectivity index (χ2v) is 7.41. The zero-order valence-corrected chi connectivity index (χ0v) is 17.6. The van der Waals surface area contributed by atoms with Gasteiger partial charge >= 0.3 is 11.9 Å². The Hall–Kier alpha value is -2.62. The smallest absolute Gasteiger partial charge is 0.323 e. The molecule has 0 bridgehead atoms. The van der Waals surface area contributed by atoms with Gasteiger partial charge in [0.25, 0.3) is 0 Å². The molecule has 0 radical (unpaired) electrons. The van der Waals surface area contributed by atoms with Crippen molar-refractivity contribution in [2.24, 2.45) is 5.41 Å². The van der Waals surface area contributed by atoms with E-state index in [9.17, 15) is 9.59 Å². The minimum atomic E-state index is -1.24. The Morgan fingerprint density at radius 3 is 1.41 bits per heavy atom. The lowest BCUT2D eigenvalue weighted by Gasteiger charge is -2.29. The molecule has 0 aliphatic carbocycles. The molecule has 0 N–H and O–H groups in total. The van der Waals surface area contributed by atoms with Gasteiger partial charge in [0, 0.05) is 0 Å². The van der Waals surface area contributed by atoms with Crippen LogP contribution in [0.3, 0.4) is 0 Å². The third-order valence-electron chi connectivity index (χ3n) is 5.12. The fourth-order valence-corrected chi connectivity index (χ4v) is 3.30. The maximum Gasteiger partial charge on any atom is 0.323 e. The van der Waals surface area contributed by atoms with E-state index in [0.29, 0.717) is 12.8 Å². The van der Waals surface area contributed by atoms with E-state index < -0.39 is 17.4 Å². The number of benzene rings is 2. The molecule has 2 rings (SSSR count). The highest BCUT2D eigenvalue weighted by Gasteiger charge is 2.47. The quantitative estimate of drug-likeness (QED) is 0.334. The second kappa shape index (κ2) is 12.1. The van der Waals surface area contributed by atoms with E-state index in [2.05, 4.69) is 13.8 Å². The predicted molar refractivity (Wildman–Crippen MR) is 114 cm³/mol. The molecule has 0 aliphatic heterocycles. The van der Waals surface area contributed by atoms with E-state index >= 15 is 0 Å². The van der Waals surface area contributed by atoms with Crippen LogP contribution in [0.5, 0.6) is 0 Å². The highest BCUT2D eigenvalue weighted by Crippen LogP contribution is 2.35. The van der Waals surface area contributed by atoms with Crippen LogP contribution in [-0.2, 0) is 32.3 Å². The molecule has 0 saturated heterocycles. The maximum absolute atomic E-state index is 13.2. The molecule has 0 heterocycles. The van der Waals surface area contributed by atoms with Crippen LogP contribution < -0.4 is 0 Å². The van der Waals surface area contributed by atoms with E-state index in [0.717, 1.165) is 36.8 Å². The lowest BCUT2D eigenvalue weighted by Crippen LogP contribution is -2.42. The van der Waals surface area contributed by atoms with Crippen LogP contribution in [0.25, 0.3) is 0 Å². The second-order valence-electron chi connectivity index (χ2n) is 7.41. The van der Waals surface area contributed by atoms with Crippen LogP contribution in [0.1, 0.15) is 63.5 Å². The number of unbranched alkanes of at least 4 members (excludes halogenated alkanes) is 2. The van der Waals surface area contributed by atoms with Crippen LogP contribution in [0.4, 0.5) is 0 Å². The molecular formula is C25H32O4. The summed E-state index contributed by atoms with van der Waals surface area (Å²) in [4.78, 5) is 26.4. The van der Waals surface area contributed by atoms with Gasteiger partial charge < -0.3 is 9.47 Å². The van der Waals surface area contributed by atoms with Crippen molar-refractivity contribution in [2.75, 3.05) is 0 Å². The first-order valence-corrected chi connectivity index (χ1v) is 10.5. The molecule has 0 aliphatic rings. The zero-order valence-electron chi connectivity index (χ0n) is 17.6. The van der Waals surface area contributed by atoms with Crippen LogP contribution in [0.2, 0.25) is 0 Å². The van der Waals surface area contributed by atoms with E-state index in [1.54, 1.807) is 0 Å². The van der Waals surface area contributed by atoms with Gasteiger partial charge in [-0.25, -0.2) is 0 Å². The van der Waals surface area contributed by atoms with Crippen molar-refractivity contribution in [1.82, 2.24) is 0 Å². The molecule has 0 aromatic heterocycles. The number of hydrogen-bond donors (Lipinski definition) is 0. The first kappa shape index (κ1) is 22.7. The third kappa shape index (κ3) is 6.74. The Balaban J connectivity index is 2.16. The van der Waals surface area contributed by atoms with Crippen LogP contribution in [-0.4, -0.2) is 11.9 Å². The van der Waals surface area contributed by atoms with Gasteiger partial charge in [0.05, 0.1) is 0 Å². The normalized spacial score (nSPS) is 11.1. The molecule has 2 aromatic rings. The summed E-state index contributed by atoms with van der Waals surface area (Å²) in [5.41, 5.74) is 0.562. The Morgan fingerprint density at radius 1 is 0.690 bits per heavy atom. The van der Waals surface area contributed by atoms with Gasteiger partial charge in [0.15, 0.2) is 5.41 Å². The van der Waals surface area contributed by atoms with E-state index in [4.69, 9.17) is 9.47 Å². The average Bonchev–Trinajstić information content (AvgIpc) is 2.77. The molecular weight excluding hydrogens is 364 g/mol. The molecule has 4 heteroatoms. The highest BCUT2D eigenvalue weighted by atomic mass is 16.6. The standard InChI is InChI=1S/C25H32O4/c1-3-5-17-25(18-6-4-2,23(26)28-19-21-13-9-7-10-14-21)24(27)29-20-22-15-11-8-12-16-22/h7-16H,3-6,17-20H2,1-2H3. The number of rotatable bonds is 12. The number of carbonyl (C=O) groups is 2. The summed E-state index contributed by atoms with van der Waals surface area (Å²) >= 11 is 0. The molecule has 2 aromatic carbocycles. The number of esters is 2. The molecule has 156 valence electrons. The van der Waals surface area contributed by atoms with Gasteiger partial charge in [0.1, 0.15) is 13.2 Å². The molecule has 4 nitrogen and oxygen atoms in total. The third-order valence-corrected chi connectivity index (χ3v) is 5.12. The van der Waals surface area contributed by atoms with Gasteiger partial charge in [-0.05, 0) is 24.0 Å². The minimum Gasteiger partial charge on any atom is -0.460 e. The number of carbonyl (C=O) groups excluding carboxylic acids is 2. The lowest BCUT2D eigenvalue weighted by atomic mass is 9.78. The molecule has 0 atom stereocenters. The van der Waals surface area contributed by atoms with Gasteiger partial charge in [-0.1, -0.05) is 100 Å². The highest BCUT2D eigenvalue weighted by molar-refractivity contribution is 6.00. The fourth-order valence-electron chi connectivity index (χ4n) is 3.30. The summed E-state index contributed by atoms with van der Waals surface area (Å²) in [5.74, 6) is -0.942. The summed E-state index contributed by atoms with van der Waals surface area (Å²) in [6.45, 7) is 4.42. The lowest BCUT2D eigenvalue weighted by molar-refractivity contribution is -0.176. The summed E-state index contributed by atoms with van der Waals surface area (Å²) in [6.07, 6.45) is 4.22. The van der Waals surface area contributed by atoms with Crippen LogP contribution in [0.15, 0.2) is 60.7 Å². The number of hydrogen-bond acceptors (Lipinski definition) is 4. The van der Waals surface area contributed by atoms with Crippen molar-refractivity contribution < 1.29 is 19.1 Å². The van der Waals surface area contributed by atoms with Gasteiger partial charge in [-0.3, -0.25) is 9.59 Å². The predicted octanol–water partition coefficient (Wildman–Crippen LogP) is 5.84. The molecule has 0 amide bonds. The topological polar surface area (TPSA) is 52.6 Å². The monoisotopic (exact) mass is 396 g/mol. The summed E-state index contributed by atoms with van der Waals surface area (Å²) in [7, 11) is 0. The van der Waals surface area contributed by atoms with Gasteiger partial charge in [-0.2, -0.15) is 0 Å². The van der Waals surface area contributed by atoms with Crippen molar-refractivity contribution in [1.29, 1.82) is 0 Å². The minimum absolute atomic E-state index is 0.158. The Bertz CT molecular complexity index is 674. The van der Waals surface area contributed by atoms with Crippen molar-refractivity contribution in [2.45, 2.75) is 65.6 Å². The zero-order chi connectivity index (χ0) is 21.0. The van der Waals surface area contributed by atoms with Crippen LogP contribution in [0, 0.1) is 5.41 Å². The van der Waals surface area contributed by atoms with Crippen molar-refractivity contribution in [3.63, 3.8) is 0 Å². The maximum atomic E-state index is 13.2. The molecule has 0 fully saturated rings. The van der Waals surface area contributed by atoms with Crippen LogP contribution >= 0.6 is 0 Å². The Morgan fingerprint density at radius 2 is 1.07 bits per heavy atom. The Labute approximate surface area is 174 Å². The van der Waals surface area contributed by atoms with Crippen molar-refractivity contribution in [3.05, 3.63) is 71.8 Å². The summed E-state index contributed by atoms with van der Waals surface area (Å²) in [5, 5.41) is 0. The van der Waals surface area contributed by atoms with Crippen molar-refractivity contribution in [3.8, 4) is 0 Å².